The third-order valence-corrected chi connectivity index (χ3v) is 5.18. The molecule has 1 aromatic heterocycles. The van der Waals surface area contributed by atoms with Crippen LogP contribution in [0.1, 0.15) is 54.6 Å². The van der Waals surface area contributed by atoms with E-state index in [9.17, 15) is 4.79 Å². The fourth-order valence-electron chi connectivity index (χ4n) is 3.78. The summed E-state index contributed by atoms with van der Waals surface area (Å²) in [6.45, 7) is 3.22. The number of hydrogen-bond acceptors (Lipinski definition) is 4. The number of nitrogens with zero attached hydrogens (tertiary/aromatic N) is 2. The molecule has 1 amide bonds. The molecule has 0 bridgehead atoms. The number of carbonyl (C=O) groups excluding carboxylic acids is 1. The van der Waals surface area contributed by atoms with Gasteiger partial charge in [0.25, 0.3) is 5.91 Å². The molecule has 114 valence electrons. The van der Waals surface area contributed by atoms with E-state index in [4.69, 9.17) is 5.84 Å². The van der Waals surface area contributed by atoms with Gasteiger partial charge in [0.2, 0.25) is 0 Å². The summed E-state index contributed by atoms with van der Waals surface area (Å²) >= 11 is 0. The van der Waals surface area contributed by atoms with Crippen LogP contribution >= 0.6 is 0 Å². The molecule has 3 N–H and O–H groups in total. The van der Waals surface area contributed by atoms with Crippen molar-refractivity contribution in [3.63, 3.8) is 0 Å². The Bertz CT molecular complexity index is 484. The first kappa shape index (κ1) is 14.5. The summed E-state index contributed by atoms with van der Waals surface area (Å²) in [5, 5.41) is 0. The summed E-state index contributed by atoms with van der Waals surface area (Å²) in [4.78, 5) is 18.2. The van der Waals surface area contributed by atoms with E-state index >= 15 is 0 Å². The fraction of sp³-hybridized carbons (Fsp3) is 0.625. The first-order valence-electron chi connectivity index (χ1n) is 7.89. The van der Waals surface area contributed by atoms with E-state index in [1.54, 1.807) is 12.3 Å². The second-order valence-corrected chi connectivity index (χ2v) is 6.49. The second-order valence-electron chi connectivity index (χ2n) is 6.49. The van der Waals surface area contributed by atoms with Crippen LogP contribution in [-0.4, -0.2) is 28.9 Å². The lowest BCUT2D eigenvalue weighted by Gasteiger charge is -2.39. The zero-order chi connectivity index (χ0) is 14.7. The molecule has 0 aromatic carbocycles. The highest BCUT2D eigenvalue weighted by molar-refractivity contribution is 5.93. The van der Waals surface area contributed by atoms with Crippen LogP contribution in [0.25, 0.3) is 0 Å². The van der Waals surface area contributed by atoms with Gasteiger partial charge in [0.1, 0.15) is 0 Å². The molecule has 5 heteroatoms. The average Bonchev–Trinajstić information content (AvgIpc) is 2.98. The molecule has 3 rings (SSSR count). The maximum Gasteiger partial charge on any atom is 0.266 e. The maximum atomic E-state index is 11.4. The molecule has 0 radical (unpaired) electrons. The molecule has 5 nitrogen and oxygen atoms in total. The first-order valence-corrected chi connectivity index (χ1v) is 7.89. The van der Waals surface area contributed by atoms with E-state index in [1.807, 2.05) is 6.07 Å². The predicted molar refractivity (Wildman–Crippen MR) is 81.3 cm³/mol. The number of amides is 1. The first-order chi connectivity index (χ1) is 10.2. The topological polar surface area (TPSA) is 71.2 Å². The molecule has 0 unspecified atom stereocenters. The predicted octanol–water partition coefficient (Wildman–Crippen LogP) is 1.84. The Kier molecular flexibility index (Phi) is 4.22. The van der Waals surface area contributed by atoms with Crippen molar-refractivity contribution in [3.05, 3.63) is 29.6 Å². The Labute approximate surface area is 125 Å². The number of pyridine rings is 1. The second kappa shape index (κ2) is 6.12. The standard InChI is InChI=1S/C16H24N4O/c17-19-15(21)13-3-4-14(18-11-13)12-20-9-7-16(8-10-20)5-1-2-6-16/h3-4,11H,1-2,5-10,12,17H2,(H,19,21). The van der Waals surface area contributed by atoms with Crippen molar-refractivity contribution in [2.24, 2.45) is 11.3 Å². The van der Waals surface area contributed by atoms with Crippen LogP contribution in [0.5, 0.6) is 0 Å². The number of nitrogen functional groups attached to an aromatic ring is 1. The normalized spacial score (nSPS) is 21.6. The van der Waals surface area contributed by atoms with E-state index in [1.165, 1.54) is 51.6 Å². The molecular formula is C16H24N4O. The largest absolute Gasteiger partial charge is 0.297 e. The summed E-state index contributed by atoms with van der Waals surface area (Å²) in [5.41, 5.74) is 4.30. The smallest absolute Gasteiger partial charge is 0.266 e. The van der Waals surface area contributed by atoms with Crippen molar-refractivity contribution >= 4 is 5.91 Å². The number of aromatic nitrogens is 1. The van der Waals surface area contributed by atoms with Crippen LogP contribution < -0.4 is 11.3 Å². The highest BCUT2D eigenvalue weighted by Gasteiger charge is 2.36. The van der Waals surface area contributed by atoms with Gasteiger partial charge in [-0.25, -0.2) is 5.84 Å². The summed E-state index contributed by atoms with van der Waals surface area (Å²) in [7, 11) is 0. The minimum atomic E-state index is -0.296. The van der Waals surface area contributed by atoms with E-state index in [0.717, 1.165) is 12.2 Å². The molecule has 1 spiro atoms. The average molecular weight is 288 g/mol. The number of piperidine rings is 1. The zero-order valence-electron chi connectivity index (χ0n) is 12.5. The lowest BCUT2D eigenvalue weighted by molar-refractivity contribution is 0.0952. The lowest BCUT2D eigenvalue weighted by atomic mass is 9.77. The Morgan fingerprint density at radius 3 is 2.52 bits per heavy atom. The quantitative estimate of drug-likeness (QED) is 0.506. The number of likely N-dealkylation sites (tertiary alicyclic amines) is 1. The summed E-state index contributed by atoms with van der Waals surface area (Å²) in [6.07, 6.45) is 9.98. The summed E-state index contributed by atoms with van der Waals surface area (Å²) < 4.78 is 0. The van der Waals surface area contributed by atoms with E-state index in [-0.39, 0.29) is 5.91 Å². The highest BCUT2D eigenvalue weighted by Crippen LogP contribution is 2.46. The van der Waals surface area contributed by atoms with Gasteiger partial charge in [0.15, 0.2) is 0 Å². The van der Waals surface area contributed by atoms with Crippen LogP contribution in [0.4, 0.5) is 0 Å². The zero-order valence-corrected chi connectivity index (χ0v) is 12.5. The molecule has 1 aliphatic carbocycles. The van der Waals surface area contributed by atoms with Gasteiger partial charge in [-0.3, -0.25) is 20.1 Å². The minimum Gasteiger partial charge on any atom is -0.297 e. The van der Waals surface area contributed by atoms with Crippen molar-refractivity contribution in [1.82, 2.24) is 15.3 Å². The maximum absolute atomic E-state index is 11.4. The number of nitrogens with one attached hydrogen (secondary N) is 1. The third-order valence-electron chi connectivity index (χ3n) is 5.18. The number of rotatable bonds is 3. The summed E-state index contributed by atoms with van der Waals surface area (Å²) in [5.74, 6) is 4.82. The van der Waals surface area contributed by atoms with Crippen molar-refractivity contribution < 1.29 is 4.79 Å². The molecule has 1 saturated carbocycles. The molecule has 2 heterocycles. The van der Waals surface area contributed by atoms with E-state index in [2.05, 4.69) is 15.3 Å². The molecule has 2 aliphatic rings. The van der Waals surface area contributed by atoms with Crippen LogP contribution in [0.2, 0.25) is 0 Å². The van der Waals surface area contributed by atoms with Crippen molar-refractivity contribution in [2.75, 3.05) is 13.1 Å². The molecule has 2 fully saturated rings. The van der Waals surface area contributed by atoms with Crippen molar-refractivity contribution in [1.29, 1.82) is 0 Å². The van der Waals surface area contributed by atoms with Crippen LogP contribution in [-0.2, 0) is 6.54 Å². The molecule has 1 aliphatic heterocycles. The van der Waals surface area contributed by atoms with Crippen molar-refractivity contribution in [2.45, 2.75) is 45.1 Å². The number of nitrogens with two attached hydrogens (primary N) is 1. The van der Waals surface area contributed by atoms with Crippen LogP contribution in [0.15, 0.2) is 18.3 Å². The molecule has 21 heavy (non-hydrogen) atoms. The Balaban J connectivity index is 1.54. The Morgan fingerprint density at radius 2 is 1.95 bits per heavy atom. The van der Waals surface area contributed by atoms with Gasteiger partial charge in [-0.15, -0.1) is 0 Å². The van der Waals surface area contributed by atoms with Gasteiger partial charge in [-0.1, -0.05) is 12.8 Å². The van der Waals surface area contributed by atoms with Gasteiger partial charge in [-0.05, 0) is 56.3 Å². The van der Waals surface area contributed by atoms with E-state index in [0.29, 0.717) is 11.0 Å². The minimum absolute atomic E-state index is 0.296. The molecule has 1 aromatic rings. The fourth-order valence-corrected chi connectivity index (χ4v) is 3.78. The SMILES string of the molecule is NNC(=O)c1ccc(CN2CCC3(CCCC3)CC2)nc1. The van der Waals surface area contributed by atoms with E-state index < -0.39 is 0 Å². The molecule has 1 saturated heterocycles. The Morgan fingerprint density at radius 1 is 1.24 bits per heavy atom. The monoisotopic (exact) mass is 288 g/mol. The third kappa shape index (κ3) is 3.24. The van der Waals surface area contributed by atoms with Gasteiger partial charge >= 0.3 is 0 Å². The number of carbonyl (C=O) groups is 1. The van der Waals surface area contributed by atoms with Gasteiger partial charge < -0.3 is 0 Å². The van der Waals surface area contributed by atoms with Crippen LogP contribution in [0.3, 0.4) is 0 Å². The van der Waals surface area contributed by atoms with Gasteiger partial charge in [0.05, 0.1) is 11.3 Å². The molecule has 0 atom stereocenters. The number of hydrogen-bond donors (Lipinski definition) is 2. The number of hydrazine groups is 1. The Hall–Kier alpha value is -1.46. The highest BCUT2D eigenvalue weighted by atomic mass is 16.2. The van der Waals surface area contributed by atoms with Gasteiger partial charge in [-0.2, -0.15) is 0 Å². The molecular weight excluding hydrogens is 264 g/mol. The van der Waals surface area contributed by atoms with Crippen molar-refractivity contribution in [3.8, 4) is 0 Å². The summed E-state index contributed by atoms with van der Waals surface area (Å²) in [6, 6.07) is 3.71. The van der Waals surface area contributed by atoms with Gasteiger partial charge in [0, 0.05) is 12.7 Å². The lowest BCUT2D eigenvalue weighted by Crippen LogP contribution is -2.38. The van der Waals surface area contributed by atoms with Crippen LogP contribution in [0, 0.1) is 5.41 Å².